The lowest BCUT2D eigenvalue weighted by atomic mass is 9.98. The van der Waals surface area contributed by atoms with Crippen LogP contribution in [0.4, 0.5) is 0 Å². The number of unbranched alkanes of at least 4 members (excludes halogenated alkanes) is 31. The Morgan fingerprint density at radius 3 is 1.28 bits per heavy atom. The molecule has 1 rings (SSSR count). The number of rotatable bonds is 42. The summed E-state index contributed by atoms with van der Waals surface area (Å²) in [5.74, 6) is -0.255. The van der Waals surface area contributed by atoms with Crippen LogP contribution >= 0.6 is 0 Å². The Labute approximate surface area is 356 Å². The number of hydrogen-bond donors (Lipinski definition) is 7. The van der Waals surface area contributed by atoms with Gasteiger partial charge in [0.2, 0.25) is 5.91 Å². The van der Waals surface area contributed by atoms with Crippen LogP contribution in [0.3, 0.4) is 0 Å². The smallest absolute Gasteiger partial charge is 0.220 e. The van der Waals surface area contributed by atoms with Gasteiger partial charge in [-0.05, 0) is 12.8 Å². The Bertz CT molecular complexity index is 895. The van der Waals surface area contributed by atoms with Gasteiger partial charge in [0.25, 0.3) is 0 Å². The second kappa shape index (κ2) is 39.0. The molecule has 0 aliphatic carbocycles. The third-order valence-electron chi connectivity index (χ3n) is 12.3. The van der Waals surface area contributed by atoms with Gasteiger partial charge in [-0.15, -0.1) is 0 Å². The number of ether oxygens (including phenoxy) is 2. The zero-order chi connectivity index (χ0) is 42.5. The SMILES string of the molecule is CCCCCCCCCCCCCCCCCCCCCCCCCCCC(=O)N[C@@H](CO[C@@H]1O[C@H](CO)[C@H](O)C(O)C1O)[C@H](O)[C@H](O)CCCCCCCCCC. The van der Waals surface area contributed by atoms with Crippen LogP contribution < -0.4 is 5.32 Å². The van der Waals surface area contributed by atoms with E-state index in [-0.39, 0.29) is 18.9 Å². The maximum atomic E-state index is 13.0. The summed E-state index contributed by atoms with van der Waals surface area (Å²) >= 11 is 0. The summed E-state index contributed by atoms with van der Waals surface area (Å²) in [5.41, 5.74) is 0. The zero-order valence-corrected chi connectivity index (χ0v) is 37.7. The van der Waals surface area contributed by atoms with Crippen LogP contribution in [0.25, 0.3) is 0 Å². The van der Waals surface area contributed by atoms with Gasteiger partial charge in [0.1, 0.15) is 30.5 Å². The normalized spacial score (nSPS) is 21.3. The number of aliphatic hydroxyl groups is 6. The highest BCUT2D eigenvalue weighted by molar-refractivity contribution is 5.76. The molecule has 1 aliphatic rings. The van der Waals surface area contributed by atoms with Gasteiger partial charge in [-0.3, -0.25) is 4.79 Å². The average molecular weight is 830 g/mol. The lowest BCUT2D eigenvalue weighted by Gasteiger charge is -2.40. The molecule has 0 spiro atoms. The Balaban J connectivity index is 2.20. The second-order valence-corrected chi connectivity index (χ2v) is 17.8. The molecule has 1 heterocycles. The predicted molar refractivity (Wildman–Crippen MR) is 237 cm³/mol. The van der Waals surface area contributed by atoms with Crippen molar-refractivity contribution in [1.29, 1.82) is 0 Å². The summed E-state index contributed by atoms with van der Waals surface area (Å²) in [6, 6.07) is -0.983. The van der Waals surface area contributed by atoms with E-state index in [1.54, 1.807) is 0 Å². The molecule has 1 saturated heterocycles. The molecule has 0 saturated carbocycles. The largest absolute Gasteiger partial charge is 0.394 e. The Morgan fingerprint density at radius 2 is 0.897 bits per heavy atom. The molecule has 2 unspecified atom stereocenters. The van der Waals surface area contributed by atoms with E-state index in [0.717, 1.165) is 44.9 Å². The van der Waals surface area contributed by atoms with Crippen molar-refractivity contribution in [1.82, 2.24) is 5.32 Å². The van der Waals surface area contributed by atoms with Crippen molar-refractivity contribution in [3.8, 4) is 0 Å². The van der Waals surface area contributed by atoms with E-state index in [4.69, 9.17) is 9.47 Å². The number of amides is 1. The molecule has 1 aliphatic heterocycles. The summed E-state index contributed by atoms with van der Waals surface area (Å²) in [6.45, 7) is 3.59. The van der Waals surface area contributed by atoms with E-state index >= 15 is 0 Å². The van der Waals surface area contributed by atoms with Gasteiger partial charge in [0.15, 0.2) is 6.29 Å². The van der Waals surface area contributed by atoms with Crippen LogP contribution in [0.2, 0.25) is 0 Å². The van der Waals surface area contributed by atoms with Gasteiger partial charge in [0.05, 0.1) is 25.4 Å². The summed E-state index contributed by atoms with van der Waals surface area (Å²) < 4.78 is 11.1. The molecule has 7 N–H and O–H groups in total. The van der Waals surface area contributed by atoms with Gasteiger partial charge in [-0.2, -0.15) is 0 Å². The molecule has 0 aromatic rings. The van der Waals surface area contributed by atoms with E-state index in [0.29, 0.717) is 6.42 Å². The van der Waals surface area contributed by atoms with Crippen molar-refractivity contribution in [2.45, 2.75) is 288 Å². The maximum absolute atomic E-state index is 13.0. The van der Waals surface area contributed by atoms with E-state index in [9.17, 15) is 35.4 Å². The Hall–Kier alpha value is -0.850. The molecule has 0 bridgehead atoms. The summed E-state index contributed by atoms with van der Waals surface area (Å²) in [7, 11) is 0. The summed E-state index contributed by atoms with van der Waals surface area (Å²) in [6.07, 6.45) is 32.9. The van der Waals surface area contributed by atoms with Crippen LogP contribution in [-0.2, 0) is 14.3 Å². The zero-order valence-electron chi connectivity index (χ0n) is 37.7. The highest BCUT2D eigenvalue weighted by atomic mass is 16.7. The van der Waals surface area contributed by atoms with Crippen molar-refractivity contribution in [3.63, 3.8) is 0 Å². The Morgan fingerprint density at radius 1 is 0.534 bits per heavy atom. The standard InChI is InChI=1S/C48H95NO9/c1-3-5-7-9-11-13-14-15-16-17-18-19-20-21-22-23-24-25-26-27-28-29-31-33-35-37-43(52)49-40(39-57-48-47(56)46(55)45(54)42(38-50)58-48)44(53)41(51)36-34-32-30-12-10-8-6-4-2/h40-42,44-48,50-51,53-56H,3-39H2,1-2H3,(H,49,52)/t40-,41+,42+,44-,45-,46?,47?,48+/m0/s1. The second-order valence-electron chi connectivity index (χ2n) is 17.8. The third kappa shape index (κ3) is 28.6. The molecular weight excluding hydrogens is 735 g/mol. The van der Waals surface area contributed by atoms with Crippen LogP contribution in [-0.4, -0.2) is 98.7 Å². The Kier molecular flexibility index (Phi) is 37.1. The van der Waals surface area contributed by atoms with Crippen LogP contribution in [0, 0.1) is 0 Å². The number of carbonyl (C=O) groups excluding carboxylic acids is 1. The molecule has 10 heteroatoms. The number of nitrogens with one attached hydrogen (secondary N) is 1. The first-order chi connectivity index (χ1) is 28.3. The highest BCUT2D eigenvalue weighted by Gasteiger charge is 2.44. The molecule has 1 amide bonds. The quantitative estimate of drug-likeness (QED) is 0.0296. The molecule has 1 fully saturated rings. The van der Waals surface area contributed by atoms with Crippen molar-refractivity contribution >= 4 is 5.91 Å². The fourth-order valence-corrected chi connectivity index (χ4v) is 8.26. The van der Waals surface area contributed by atoms with Crippen molar-refractivity contribution in [3.05, 3.63) is 0 Å². The summed E-state index contributed by atoms with van der Waals surface area (Å²) in [4.78, 5) is 13.0. The summed E-state index contributed by atoms with van der Waals surface area (Å²) in [5, 5.41) is 65.0. The van der Waals surface area contributed by atoms with Gasteiger partial charge < -0.3 is 45.4 Å². The van der Waals surface area contributed by atoms with Gasteiger partial charge in [0, 0.05) is 6.42 Å². The minimum atomic E-state index is -1.60. The van der Waals surface area contributed by atoms with Gasteiger partial charge in [-0.1, -0.05) is 219 Å². The lowest BCUT2D eigenvalue weighted by molar-refractivity contribution is -0.303. The number of hydrogen-bond acceptors (Lipinski definition) is 9. The number of aliphatic hydroxyl groups excluding tert-OH is 6. The van der Waals surface area contributed by atoms with Gasteiger partial charge in [-0.25, -0.2) is 0 Å². The monoisotopic (exact) mass is 830 g/mol. The van der Waals surface area contributed by atoms with Crippen molar-refractivity contribution < 1.29 is 44.9 Å². The lowest BCUT2D eigenvalue weighted by Crippen LogP contribution is -2.60. The average Bonchev–Trinajstić information content (AvgIpc) is 3.22. The molecule has 0 radical (unpaired) electrons. The maximum Gasteiger partial charge on any atom is 0.220 e. The molecule has 346 valence electrons. The fraction of sp³-hybridized carbons (Fsp3) is 0.979. The van der Waals surface area contributed by atoms with Crippen molar-refractivity contribution in [2.24, 2.45) is 0 Å². The molecule has 58 heavy (non-hydrogen) atoms. The van der Waals surface area contributed by atoms with Crippen molar-refractivity contribution in [2.75, 3.05) is 13.2 Å². The third-order valence-corrected chi connectivity index (χ3v) is 12.3. The minimum absolute atomic E-state index is 0.255. The molecule has 0 aromatic carbocycles. The molecule has 10 nitrogen and oxygen atoms in total. The van der Waals surface area contributed by atoms with Gasteiger partial charge >= 0.3 is 0 Å². The fourth-order valence-electron chi connectivity index (χ4n) is 8.26. The first-order valence-corrected chi connectivity index (χ1v) is 24.8. The highest BCUT2D eigenvalue weighted by Crippen LogP contribution is 2.23. The number of carbonyl (C=O) groups is 1. The first kappa shape index (κ1) is 55.2. The molecular formula is C48H95NO9. The topological polar surface area (TPSA) is 169 Å². The van der Waals surface area contributed by atoms with E-state index < -0.39 is 55.6 Å². The van der Waals surface area contributed by atoms with Crippen LogP contribution in [0.5, 0.6) is 0 Å². The van der Waals surface area contributed by atoms with E-state index in [1.807, 2.05) is 0 Å². The minimum Gasteiger partial charge on any atom is -0.394 e. The van der Waals surface area contributed by atoms with Crippen LogP contribution in [0.15, 0.2) is 0 Å². The molecule has 8 atom stereocenters. The van der Waals surface area contributed by atoms with E-state index in [2.05, 4.69) is 19.2 Å². The predicted octanol–water partition coefficient (Wildman–Crippen LogP) is 9.70. The van der Waals surface area contributed by atoms with Crippen LogP contribution in [0.1, 0.15) is 239 Å². The van der Waals surface area contributed by atoms with E-state index in [1.165, 1.54) is 167 Å². The molecule has 0 aromatic heterocycles. The first-order valence-electron chi connectivity index (χ1n) is 24.8.